The van der Waals surface area contributed by atoms with Crippen molar-refractivity contribution in [2.24, 2.45) is 11.3 Å². The summed E-state index contributed by atoms with van der Waals surface area (Å²) in [5, 5.41) is 0. The van der Waals surface area contributed by atoms with Crippen LogP contribution in [0, 0.1) is 23.2 Å². The van der Waals surface area contributed by atoms with Gasteiger partial charge in [0.05, 0.1) is 0 Å². The molecule has 0 aromatic heterocycles. The van der Waals surface area contributed by atoms with E-state index in [4.69, 9.17) is 0 Å². The third-order valence-corrected chi connectivity index (χ3v) is 5.15. The minimum absolute atomic E-state index is 0.282. The lowest BCUT2D eigenvalue weighted by atomic mass is 9.87. The van der Waals surface area contributed by atoms with E-state index in [0.29, 0.717) is 5.92 Å². The van der Waals surface area contributed by atoms with E-state index >= 15 is 0 Å². The van der Waals surface area contributed by atoms with Gasteiger partial charge < -0.3 is 0 Å². The predicted molar refractivity (Wildman–Crippen MR) is 104 cm³/mol. The molecule has 1 atom stereocenters. The van der Waals surface area contributed by atoms with Crippen LogP contribution in [0.15, 0.2) is 91.0 Å². The van der Waals surface area contributed by atoms with Crippen molar-refractivity contribution >= 4 is 0 Å². The average Bonchev–Trinajstić information content (AvgIpc) is 3.34. The molecule has 0 unspecified atom stereocenters. The average molecular weight is 322 g/mol. The Labute approximate surface area is 150 Å². The molecule has 0 saturated heterocycles. The normalized spacial score (nSPS) is 17.4. The molecule has 1 saturated carbocycles. The molecule has 0 heteroatoms. The highest BCUT2D eigenvalue weighted by atomic mass is 14.5. The molecule has 122 valence electrons. The summed E-state index contributed by atoms with van der Waals surface area (Å²) < 4.78 is 0. The van der Waals surface area contributed by atoms with Crippen molar-refractivity contribution in [3.63, 3.8) is 0 Å². The van der Waals surface area contributed by atoms with Crippen LogP contribution < -0.4 is 0 Å². The van der Waals surface area contributed by atoms with Gasteiger partial charge in [0, 0.05) is 11.5 Å². The summed E-state index contributed by atoms with van der Waals surface area (Å²) in [5.41, 5.74) is 4.23. The van der Waals surface area contributed by atoms with Gasteiger partial charge >= 0.3 is 0 Å². The maximum atomic E-state index is 3.55. The zero-order valence-corrected chi connectivity index (χ0v) is 14.4. The van der Waals surface area contributed by atoms with Crippen molar-refractivity contribution < 1.29 is 0 Å². The zero-order chi connectivity index (χ0) is 17.0. The summed E-state index contributed by atoms with van der Waals surface area (Å²) in [5.74, 6) is 7.42. The Morgan fingerprint density at radius 2 is 1.16 bits per heavy atom. The summed E-state index contributed by atoms with van der Waals surface area (Å²) in [7, 11) is 0. The van der Waals surface area contributed by atoms with E-state index in [1.807, 2.05) is 6.07 Å². The molecule has 25 heavy (non-hydrogen) atoms. The van der Waals surface area contributed by atoms with Gasteiger partial charge in [0.1, 0.15) is 0 Å². The summed E-state index contributed by atoms with van der Waals surface area (Å²) in [6.45, 7) is 0. The van der Waals surface area contributed by atoms with Crippen molar-refractivity contribution in [1.82, 2.24) is 0 Å². The van der Waals surface area contributed by atoms with Gasteiger partial charge in [0.2, 0.25) is 0 Å². The topological polar surface area (TPSA) is 0 Å². The standard InChI is InChI=1S/C25H22/c1-4-10-21(11-5-1)16-17-24-20-25(24,18-22-12-6-2-7-13-22)19-23-14-8-3-9-15-23/h1-15,24H,18-20H2/t24-/m0/s1. The molecule has 0 N–H and O–H groups in total. The maximum absolute atomic E-state index is 3.55. The lowest BCUT2D eigenvalue weighted by Gasteiger charge is -2.16. The fourth-order valence-electron chi connectivity index (χ4n) is 3.70. The molecule has 0 nitrogen and oxygen atoms in total. The minimum Gasteiger partial charge on any atom is -0.0939 e. The van der Waals surface area contributed by atoms with Crippen molar-refractivity contribution in [3.05, 3.63) is 108 Å². The monoisotopic (exact) mass is 322 g/mol. The van der Waals surface area contributed by atoms with Crippen LogP contribution in [0.25, 0.3) is 0 Å². The fourth-order valence-corrected chi connectivity index (χ4v) is 3.70. The van der Waals surface area contributed by atoms with E-state index in [-0.39, 0.29) is 5.41 Å². The van der Waals surface area contributed by atoms with Gasteiger partial charge in [-0.25, -0.2) is 0 Å². The first-order valence-electron chi connectivity index (χ1n) is 8.99. The van der Waals surface area contributed by atoms with Crippen LogP contribution in [0.4, 0.5) is 0 Å². The Balaban J connectivity index is 1.57. The number of hydrogen-bond acceptors (Lipinski definition) is 0. The largest absolute Gasteiger partial charge is 0.0939 e. The summed E-state index contributed by atoms with van der Waals surface area (Å²) in [6.07, 6.45) is 3.41. The van der Waals surface area contributed by atoms with Crippen LogP contribution in [-0.2, 0) is 12.8 Å². The quantitative estimate of drug-likeness (QED) is 0.554. The molecule has 0 heterocycles. The molecule has 0 aliphatic heterocycles. The molecule has 0 bridgehead atoms. The molecular weight excluding hydrogens is 300 g/mol. The Bertz CT molecular complexity index is 825. The highest BCUT2D eigenvalue weighted by Gasteiger charge is 2.52. The molecule has 0 radical (unpaired) electrons. The zero-order valence-electron chi connectivity index (χ0n) is 14.4. The molecule has 1 aliphatic carbocycles. The number of rotatable bonds is 4. The third-order valence-electron chi connectivity index (χ3n) is 5.15. The highest BCUT2D eigenvalue weighted by Crippen LogP contribution is 2.56. The maximum Gasteiger partial charge on any atom is 0.0275 e. The molecule has 3 aromatic carbocycles. The fraction of sp³-hybridized carbons (Fsp3) is 0.200. The lowest BCUT2D eigenvalue weighted by Crippen LogP contribution is -2.12. The Morgan fingerprint density at radius 3 is 1.68 bits per heavy atom. The summed E-state index contributed by atoms with van der Waals surface area (Å²) >= 11 is 0. The second kappa shape index (κ2) is 6.99. The Kier molecular flexibility index (Phi) is 4.40. The third kappa shape index (κ3) is 3.83. The van der Waals surface area contributed by atoms with E-state index in [1.165, 1.54) is 17.5 Å². The first kappa shape index (κ1) is 15.7. The van der Waals surface area contributed by atoms with Gasteiger partial charge in [-0.15, -0.1) is 0 Å². The first-order chi connectivity index (χ1) is 12.3. The van der Waals surface area contributed by atoms with Crippen LogP contribution in [0.2, 0.25) is 0 Å². The van der Waals surface area contributed by atoms with Gasteiger partial charge in [0.15, 0.2) is 0 Å². The molecule has 3 aromatic rings. The van der Waals surface area contributed by atoms with Gasteiger partial charge in [-0.2, -0.15) is 0 Å². The van der Waals surface area contributed by atoms with Crippen molar-refractivity contribution in [2.75, 3.05) is 0 Å². The van der Waals surface area contributed by atoms with Crippen molar-refractivity contribution in [3.8, 4) is 11.8 Å². The lowest BCUT2D eigenvalue weighted by molar-refractivity contribution is 0.479. The van der Waals surface area contributed by atoms with Crippen LogP contribution >= 0.6 is 0 Å². The van der Waals surface area contributed by atoms with E-state index in [0.717, 1.165) is 18.4 Å². The van der Waals surface area contributed by atoms with Gasteiger partial charge in [-0.05, 0) is 47.9 Å². The second-order valence-corrected chi connectivity index (χ2v) is 7.08. The summed E-state index contributed by atoms with van der Waals surface area (Å²) in [4.78, 5) is 0. The Morgan fingerprint density at radius 1 is 0.680 bits per heavy atom. The van der Waals surface area contributed by atoms with Crippen LogP contribution in [-0.4, -0.2) is 0 Å². The molecule has 1 aliphatic rings. The van der Waals surface area contributed by atoms with E-state index in [9.17, 15) is 0 Å². The molecular formula is C25H22. The highest BCUT2D eigenvalue weighted by molar-refractivity contribution is 5.38. The molecule has 0 spiro atoms. The molecule has 0 amide bonds. The molecule has 4 rings (SSSR count). The van der Waals surface area contributed by atoms with Gasteiger partial charge in [-0.1, -0.05) is 90.7 Å². The van der Waals surface area contributed by atoms with Gasteiger partial charge in [0.25, 0.3) is 0 Å². The summed E-state index contributed by atoms with van der Waals surface area (Å²) in [6, 6.07) is 32.0. The Hall–Kier alpha value is -2.78. The first-order valence-corrected chi connectivity index (χ1v) is 8.99. The van der Waals surface area contributed by atoms with Crippen LogP contribution in [0.5, 0.6) is 0 Å². The second-order valence-electron chi connectivity index (χ2n) is 7.08. The SMILES string of the molecule is C(#C[C@H]1CC1(Cc1ccccc1)Cc1ccccc1)c1ccccc1. The van der Waals surface area contributed by atoms with Crippen molar-refractivity contribution in [1.29, 1.82) is 0 Å². The van der Waals surface area contributed by atoms with E-state index < -0.39 is 0 Å². The van der Waals surface area contributed by atoms with E-state index in [1.54, 1.807) is 0 Å². The smallest absolute Gasteiger partial charge is 0.0275 e. The number of hydrogen-bond donors (Lipinski definition) is 0. The molecule has 1 fully saturated rings. The van der Waals surface area contributed by atoms with Crippen LogP contribution in [0.1, 0.15) is 23.1 Å². The number of benzene rings is 3. The predicted octanol–water partition coefficient (Wildman–Crippen LogP) is 5.53. The van der Waals surface area contributed by atoms with E-state index in [2.05, 4.69) is 96.8 Å². The van der Waals surface area contributed by atoms with Crippen LogP contribution in [0.3, 0.4) is 0 Å². The van der Waals surface area contributed by atoms with Gasteiger partial charge in [-0.3, -0.25) is 0 Å². The van der Waals surface area contributed by atoms with Crippen molar-refractivity contribution in [2.45, 2.75) is 19.3 Å². The minimum atomic E-state index is 0.282.